The molecular formula is C20H24ClF2N3O3. The number of alkyl halides is 2. The van der Waals surface area contributed by atoms with Gasteiger partial charge in [-0.15, -0.1) is 0 Å². The minimum absolute atomic E-state index is 0.0327. The predicted octanol–water partition coefficient (Wildman–Crippen LogP) is 2.21. The summed E-state index contributed by atoms with van der Waals surface area (Å²) in [4.78, 5) is 26.1. The lowest BCUT2D eigenvalue weighted by atomic mass is 9.86. The highest BCUT2D eigenvalue weighted by atomic mass is 35.5. The SMILES string of the molecule is O=C(COc1ccc(Cl)cc1)N[C@@H]1C[C@@]2(NC(=O)CN3CCC(F)(F)CC3)CC12. The molecule has 1 aliphatic heterocycles. The van der Waals surface area contributed by atoms with Gasteiger partial charge in [0.15, 0.2) is 6.61 Å². The molecule has 1 heterocycles. The van der Waals surface area contributed by atoms with Crippen LogP contribution in [-0.2, 0) is 9.59 Å². The van der Waals surface area contributed by atoms with Gasteiger partial charge < -0.3 is 15.4 Å². The van der Waals surface area contributed by atoms with Crippen LogP contribution in [0.1, 0.15) is 25.7 Å². The van der Waals surface area contributed by atoms with Crippen LogP contribution < -0.4 is 15.4 Å². The standard InChI is InChI=1S/C20H24ClF2N3O3/c21-13-1-3-14(4-2-13)29-12-18(28)24-16-10-19(9-15(16)19)25-17(27)11-26-7-5-20(22,23)6-8-26/h1-4,15-16H,5-12H2,(H,24,28)(H,25,27)/t15?,16-,19+/m1/s1. The van der Waals surface area contributed by atoms with Crippen LogP contribution in [0.4, 0.5) is 8.78 Å². The van der Waals surface area contributed by atoms with E-state index in [-0.39, 0.29) is 68.4 Å². The Hall–Kier alpha value is -1.93. The van der Waals surface area contributed by atoms with Crippen LogP contribution in [0.2, 0.25) is 5.02 Å². The second-order valence-electron chi connectivity index (χ2n) is 8.27. The summed E-state index contributed by atoms with van der Waals surface area (Å²) in [5.41, 5.74) is -0.230. The maximum atomic E-state index is 13.2. The first-order chi connectivity index (χ1) is 13.7. The van der Waals surface area contributed by atoms with E-state index < -0.39 is 5.92 Å². The molecule has 0 bridgehead atoms. The number of halogens is 3. The second kappa shape index (κ2) is 7.72. The lowest BCUT2D eigenvalue weighted by Gasteiger charge is -2.37. The van der Waals surface area contributed by atoms with Crippen molar-refractivity contribution in [2.24, 2.45) is 5.92 Å². The van der Waals surface area contributed by atoms with Crippen molar-refractivity contribution in [1.29, 1.82) is 0 Å². The van der Waals surface area contributed by atoms with Gasteiger partial charge in [-0.1, -0.05) is 11.6 Å². The van der Waals surface area contributed by atoms with Crippen LogP contribution in [0.25, 0.3) is 0 Å². The van der Waals surface area contributed by atoms with Crippen molar-refractivity contribution >= 4 is 23.4 Å². The zero-order chi connectivity index (χ0) is 20.6. The average molecular weight is 428 g/mol. The summed E-state index contributed by atoms with van der Waals surface area (Å²) < 4.78 is 31.8. The lowest BCUT2D eigenvalue weighted by Crippen LogP contribution is -2.57. The normalized spacial score (nSPS) is 29.9. The van der Waals surface area contributed by atoms with E-state index in [1.165, 1.54) is 0 Å². The molecule has 1 unspecified atom stereocenters. The molecule has 2 amide bonds. The third-order valence-corrected chi connectivity index (χ3v) is 6.33. The van der Waals surface area contributed by atoms with Crippen molar-refractivity contribution in [3.8, 4) is 5.75 Å². The van der Waals surface area contributed by atoms with Crippen LogP contribution in [0.15, 0.2) is 24.3 Å². The van der Waals surface area contributed by atoms with Gasteiger partial charge in [-0.2, -0.15) is 0 Å². The van der Waals surface area contributed by atoms with Crippen molar-refractivity contribution in [3.05, 3.63) is 29.3 Å². The molecule has 29 heavy (non-hydrogen) atoms. The Morgan fingerprint density at radius 3 is 2.48 bits per heavy atom. The molecule has 2 saturated carbocycles. The number of hydrogen-bond acceptors (Lipinski definition) is 4. The van der Waals surface area contributed by atoms with Crippen LogP contribution in [0.3, 0.4) is 0 Å². The number of benzene rings is 1. The molecule has 2 aliphatic carbocycles. The minimum atomic E-state index is -2.61. The van der Waals surface area contributed by atoms with E-state index in [9.17, 15) is 18.4 Å². The second-order valence-corrected chi connectivity index (χ2v) is 8.70. The fourth-order valence-corrected chi connectivity index (χ4v) is 4.43. The molecule has 3 fully saturated rings. The van der Waals surface area contributed by atoms with Crippen molar-refractivity contribution < 1.29 is 23.1 Å². The van der Waals surface area contributed by atoms with E-state index in [4.69, 9.17) is 16.3 Å². The first-order valence-corrected chi connectivity index (χ1v) is 10.2. The zero-order valence-corrected chi connectivity index (χ0v) is 16.7. The Labute approximate surface area is 172 Å². The Balaban J connectivity index is 1.14. The van der Waals surface area contributed by atoms with E-state index in [0.717, 1.165) is 6.42 Å². The van der Waals surface area contributed by atoms with Crippen LogP contribution in [0.5, 0.6) is 5.75 Å². The quantitative estimate of drug-likeness (QED) is 0.700. The fourth-order valence-electron chi connectivity index (χ4n) is 4.30. The molecule has 0 aromatic heterocycles. The Morgan fingerprint density at radius 2 is 1.83 bits per heavy atom. The summed E-state index contributed by atoms with van der Waals surface area (Å²) in [5, 5.41) is 6.58. The summed E-state index contributed by atoms with van der Waals surface area (Å²) in [6.45, 7) is 0.548. The highest BCUT2D eigenvalue weighted by molar-refractivity contribution is 6.30. The van der Waals surface area contributed by atoms with Gasteiger partial charge in [-0.05, 0) is 37.1 Å². The van der Waals surface area contributed by atoms with Crippen LogP contribution >= 0.6 is 11.6 Å². The number of rotatable bonds is 7. The van der Waals surface area contributed by atoms with Crippen molar-refractivity contribution in [3.63, 3.8) is 0 Å². The molecule has 3 atom stereocenters. The number of likely N-dealkylation sites (tertiary alicyclic amines) is 1. The summed E-state index contributed by atoms with van der Waals surface area (Å²) in [6, 6.07) is 6.81. The zero-order valence-electron chi connectivity index (χ0n) is 15.9. The van der Waals surface area contributed by atoms with E-state index in [0.29, 0.717) is 17.2 Å². The monoisotopic (exact) mass is 427 g/mol. The molecule has 6 nitrogen and oxygen atoms in total. The molecule has 158 valence electrons. The highest BCUT2D eigenvalue weighted by Gasteiger charge is 2.68. The molecule has 0 radical (unpaired) electrons. The Kier molecular flexibility index (Phi) is 5.42. The van der Waals surface area contributed by atoms with Gasteiger partial charge in [0.1, 0.15) is 5.75 Å². The summed E-state index contributed by atoms with van der Waals surface area (Å²) in [7, 11) is 0. The molecule has 1 aromatic carbocycles. The molecular weight excluding hydrogens is 404 g/mol. The van der Waals surface area contributed by atoms with E-state index in [1.54, 1.807) is 29.2 Å². The molecule has 3 aliphatic rings. The molecule has 4 rings (SSSR count). The van der Waals surface area contributed by atoms with E-state index >= 15 is 0 Å². The Morgan fingerprint density at radius 1 is 1.14 bits per heavy atom. The van der Waals surface area contributed by atoms with Gasteiger partial charge in [-0.3, -0.25) is 14.5 Å². The number of nitrogens with zero attached hydrogens (tertiary/aromatic N) is 1. The third-order valence-electron chi connectivity index (χ3n) is 6.08. The summed E-state index contributed by atoms with van der Waals surface area (Å²) in [6.07, 6.45) is 1.13. The maximum Gasteiger partial charge on any atom is 0.258 e. The van der Waals surface area contributed by atoms with Gasteiger partial charge >= 0.3 is 0 Å². The fraction of sp³-hybridized carbons (Fsp3) is 0.600. The molecule has 1 saturated heterocycles. The highest BCUT2D eigenvalue weighted by Crippen LogP contribution is 2.59. The topological polar surface area (TPSA) is 70.7 Å². The number of ether oxygens (including phenoxy) is 1. The van der Waals surface area contributed by atoms with Gasteiger partial charge in [0.05, 0.1) is 6.54 Å². The summed E-state index contributed by atoms with van der Waals surface area (Å²) in [5.74, 6) is -2.14. The first-order valence-electron chi connectivity index (χ1n) is 9.84. The van der Waals surface area contributed by atoms with Gasteiger partial charge in [0.2, 0.25) is 5.91 Å². The first kappa shape index (κ1) is 20.3. The van der Waals surface area contributed by atoms with Crippen molar-refractivity contribution in [1.82, 2.24) is 15.5 Å². The summed E-state index contributed by atoms with van der Waals surface area (Å²) >= 11 is 5.81. The number of carbonyl (C=O) groups excluding carboxylic acids is 2. The van der Waals surface area contributed by atoms with Gasteiger partial charge in [0, 0.05) is 48.5 Å². The smallest absolute Gasteiger partial charge is 0.258 e. The van der Waals surface area contributed by atoms with Crippen LogP contribution in [-0.4, -0.2) is 60.5 Å². The van der Waals surface area contributed by atoms with Gasteiger partial charge in [-0.25, -0.2) is 8.78 Å². The van der Waals surface area contributed by atoms with Crippen LogP contribution in [0, 0.1) is 5.92 Å². The lowest BCUT2D eigenvalue weighted by molar-refractivity contribution is -0.126. The number of piperidine rings is 1. The average Bonchev–Trinajstić information content (AvgIpc) is 3.25. The molecule has 1 aromatic rings. The number of fused-ring (bicyclic) bond motifs is 1. The molecule has 9 heteroatoms. The van der Waals surface area contributed by atoms with Gasteiger partial charge in [0.25, 0.3) is 11.8 Å². The number of carbonyl (C=O) groups is 2. The Bertz CT molecular complexity index is 782. The number of amides is 2. The van der Waals surface area contributed by atoms with E-state index in [2.05, 4.69) is 10.6 Å². The number of hydrogen-bond donors (Lipinski definition) is 2. The number of nitrogens with one attached hydrogen (secondary N) is 2. The third kappa shape index (κ3) is 4.80. The molecule has 2 N–H and O–H groups in total. The maximum absolute atomic E-state index is 13.2. The van der Waals surface area contributed by atoms with E-state index in [1.807, 2.05) is 0 Å². The largest absolute Gasteiger partial charge is 0.484 e. The predicted molar refractivity (Wildman–Crippen MR) is 103 cm³/mol. The van der Waals surface area contributed by atoms with Crippen molar-refractivity contribution in [2.75, 3.05) is 26.2 Å². The molecule has 0 spiro atoms. The minimum Gasteiger partial charge on any atom is -0.484 e. The van der Waals surface area contributed by atoms with Crippen molar-refractivity contribution in [2.45, 2.75) is 43.2 Å².